The first-order valence-electron chi connectivity index (χ1n) is 5.18. The van der Waals surface area contributed by atoms with Crippen molar-refractivity contribution in [2.45, 2.75) is 53.8 Å². The summed E-state index contributed by atoms with van der Waals surface area (Å²) in [6.07, 6.45) is 0. The number of hydrogen-bond acceptors (Lipinski definition) is 4. The van der Waals surface area contributed by atoms with E-state index < -0.39 is 15.3 Å². The van der Waals surface area contributed by atoms with E-state index in [9.17, 15) is 18.0 Å². The Balaban J connectivity index is -0.000000258. The normalized spacial score (nSPS) is 17.7. The molecule has 0 bridgehead atoms. The topological polar surface area (TPSA) is 118 Å². The van der Waals surface area contributed by atoms with Crippen LogP contribution in [0.5, 0.6) is 0 Å². The summed E-state index contributed by atoms with van der Waals surface area (Å²) in [5.74, 6) is -0.0635. The fourth-order valence-electron chi connectivity index (χ4n) is 0.902. The largest absolute Gasteiger partial charge is 0.326 e. The van der Waals surface area contributed by atoms with Gasteiger partial charge in [0, 0.05) is 0 Å². The molecule has 1 unspecified atom stereocenters. The van der Waals surface area contributed by atoms with Crippen LogP contribution >= 0.6 is 0 Å². The van der Waals surface area contributed by atoms with Crippen LogP contribution in [0.4, 0.5) is 4.79 Å². The van der Waals surface area contributed by atoms with E-state index in [4.69, 9.17) is 0 Å². The number of primary sulfonamides is 1. The number of urea groups is 1. The summed E-state index contributed by atoms with van der Waals surface area (Å²) in [5, 5.41) is 8.86. The van der Waals surface area contributed by atoms with Crippen molar-refractivity contribution in [1.82, 2.24) is 10.6 Å². The molecule has 1 heterocycles. The number of carbonyl (C=O) groups excluding carboxylic acids is 2. The number of hydrogen-bond donors (Lipinski definition) is 3. The van der Waals surface area contributed by atoms with Gasteiger partial charge in [-0.05, 0) is 19.8 Å². The second-order valence-corrected chi connectivity index (χ2v) is 6.44. The van der Waals surface area contributed by atoms with Crippen LogP contribution in [0.2, 0.25) is 0 Å². The van der Waals surface area contributed by atoms with Gasteiger partial charge in [-0.1, -0.05) is 28.7 Å². The van der Waals surface area contributed by atoms with E-state index in [2.05, 4.69) is 15.8 Å². The van der Waals surface area contributed by atoms with Crippen molar-refractivity contribution in [2.75, 3.05) is 0 Å². The highest BCUT2D eigenvalue weighted by Gasteiger charge is 2.31. The summed E-state index contributed by atoms with van der Waals surface area (Å²) in [4.78, 5) is 21.4. The zero-order chi connectivity index (χ0) is 13.8. The highest BCUT2D eigenvalue weighted by Crippen LogP contribution is 2.04. The molecule has 1 aliphatic heterocycles. The average molecular weight is 297 g/mol. The fraction of sp³-hybridized carbons (Fsp3) is 0.818. The van der Waals surface area contributed by atoms with Crippen molar-refractivity contribution in [3.05, 3.63) is 0 Å². The molecule has 1 fully saturated rings. The molecule has 4 N–H and O–H groups in total. The average Bonchev–Trinajstić information content (AvgIpc) is 2.44. The molecule has 0 radical (unpaired) electrons. The quantitative estimate of drug-likeness (QED) is 0.653. The zero-order valence-electron chi connectivity index (χ0n) is 10.4. The Morgan fingerprint density at radius 1 is 1.11 bits per heavy atom. The highest BCUT2D eigenvalue weighted by atomic mass is 32.2. The van der Waals surface area contributed by atoms with E-state index in [0.29, 0.717) is 0 Å². The lowest BCUT2D eigenvalue weighted by Gasteiger charge is -2.09. The van der Waals surface area contributed by atoms with Crippen molar-refractivity contribution >= 4 is 22.0 Å². The van der Waals surface area contributed by atoms with Crippen LogP contribution in [0, 0.1) is 5.92 Å². The van der Waals surface area contributed by atoms with Gasteiger partial charge in [-0.15, -0.1) is 0 Å². The molecule has 1 rings (SSSR count). The highest BCUT2D eigenvalue weighted by molar-refractivity contribution is 7.89. The third-order valence-electron chi connectivity index (χ3n) is 2.13. The minimum atomic E-state index is -3.24. The lowest BCUT2D eigenvalue weighted by Crippen LogP contribution is -2.33. The summed E-state index contributed by atoms with van der Waals surface area (Å²) in [7, 11) is -3.24. The minimum absolute atomic E-state index is 0. The van der Waals surface area contributed by atoms with Crippen LogP contribution in [-0.2, 0) is 14.8 Å². The van der Waals surface area contributed by atoms with Crippen LogP contribution in [0.25, 0.3) is 0 Å². The maximum atomic E-state index is 10.8. The van der Waals surface area contributed by atoms with Crippen LogP contribution in [-0.4, -0.2) is 31.6 Å². The molecule has 19 heavy (non-hydrogen) atoms. The monoisotopic (exact) mass is 297 g/mol. The number of nitrogens with one attached hydrogen (secondary N) is 2. The predicted molar refractivity (Wildman–Crippen MR) is 77.0 cm³/mol. The molecular formula is C11H27N3O4S. The summed E-state index contributed by atoms with van der Waals surface area (Å²) in [6.45, 7) is 6.84. The van der Waals surface area contributed by atoms with Gasteiger partial charge in [0.25, 0.3) is 5.91 Å². The first kappa shape index (κ1) is 23.0. The second kappa shape index (κ2) is 8.87. The van der Waals surface area contributed by atoms with Crippen molar-refractivity contribution in [3.8, 4) is 0 Å². The Hall–Kier alpha value is -1.15. The fourth-order valence-corrected chi connectivity index (χ4v) is 0.902. The van der Waals surface area contributed by atoms with E-state index >= 15 is 0 Å². The molecule has 0 aromatic rings. The number of rotatable bonds is 2. The van der Waals surface area contributed by atoms with Crippen molar-refractivity contribution in [1.29, 1.82) is 0 Å². The molecular weight excluding hydrogens is 270 g/mol. The molecule has 7 nitrogen and oxygen atoms in total. The van der Waals surface area contributed by atoms with Crippen molar-refractivity contribution < 1.29 is 18.0 Å². The van der Waals surface area contributed by atoms with Crippen LogP contribution < -0.4 is 15.8 Å². The Bertz CT molecular complexity index is 391. The maximum Gasteiger partial charge on any atom is 0.322 e. The number of imide groups is 1. The van der Waals surface area contributed by atoms with Gasteiger partial charge in [0.2, 0.25) is 10.0 Å². The van der Waals surface area contributed by atoms with Gasteiger partial charge in [0.15, 0.2) is 0 Å². The molecule has 1 saturated heterocycles. The van der Waals surface area contributed by atoms with Crippen LogP contribution in [0.3, 0.4) is 0 Å². The van der Waals surface area contributed by atoms with Gasteiger partial charge >= 0.3 is 6.03 Å². The molecule has 8 heteroatoms. The maximum absolute atomic E-state index is 10.8. The molecule has 0 spiro atoms. The van der Waals surface area contributed by atoms with Gasteiger partial charge in [0.1, 0.15) is 6.04 Å². The van der Waals surface area contributed by atoms with Crippen molar-refractivity contribution in [3.63, 3.8) is 0 Å². The van der Waals surface area contributed by atoms with Crippen LogP contribution in [0.1, 0.15) is 42.5 Å². The third-order valence-corrected chi connectivity index (χ3v) is 3.44. The molecule has 0 aromatic heterocycles. The van der Waals surface area contributed by atoms with E-state index in [0.717, 1.165) is 0 Å². The number of carbonyl (C=O) groups is 2. The zero-order valence-corrected chi connectivity index (χ0v) is 11.2. The Morgan fingerprint density at radius 3 is 1.58 bits per heavy atom. The Kier molecular flexibility index (Phi) is 10.7. The molecule has 1 aliphatic rings. The molecule has 3 amide bonds. The number of amides is 3. The predicted octanol–water partition coefficient (Wildman–Crippen LogP) is 0.806. The number of nitrogens with two attached hydrogens (primary N) is 1. The van der Waals surface area contributed by atoms with Crippen LogP contribution in [0.15, 0.2) is 0 Å². The van der Waals surface area contributed by atoms with Crippen molar-refractivity contribution in [2.24, 2.45) is 11.1 Å². The van der Waals surface area contributed by atoms with Gasteiger partial charge in [-0.25, -0.2) is 18.4 Å². The smallest absolute Gasteiger partial charge is 0.322 e. The Labute approximate surface area is 116 Å². The SMILES string of the molecule is C.C.CC(C)C1NC(=O)NC1=O.CC(C)S(N)(=O)=O. The molecule has 0 saturated carbocycles. The lowest BCUT2D eigenvalue weighted by molar-refractivity contribution is -0.120. The van der Waals surface area contributed by atoms with Gasteiger partial charge in [0.05, 0.1) is 5.25 Å². The third kappa shape index (κ3) is 8.55. The van der Waals surface area contributed by atoms with Gasteiger partial charge < -0.3 is 5.32 Å². The van der Waals surface area contributed by atoms with E-state index in [-0.39, 0.29) is 38.8 Å². The summed E-state index contributed by atoms with van der Waals surface area (Å²) >= 11 is 0. The molecule has 0 aromatic carbocycles. The van der Waals surface area contributed by atoms with E-state index in [1.54, 1.807) is 0 Å². The Morgan fingerprint density at radius 2 is 1.47 bits per heavy atom. The lowest BCUT2D eigenvalue weighted by atomic mass is 10.1. The summed E-state index contributed by atoms with van der Waals surface area (Å²) < 4.78 is 20.2. The second-order valence-electron chi connectivity index (χ2n) is 4.32. The van der Waals surface area contributed by atoms with Gasteiger partial charge in [-0.3, -0.25) is 10.1 Å². The first-order chi connectivity index (χ1) is 7.55. The standard InChI is InChI=1S/C6H10N2O2.C3H9NO2S.2CH4/c1-3(2)4-5(9)8-6(10)7-4;1-3(2)7(4,5)6;;/h3-4H,1-2H3,(H2,7,8,9,10);3H,1-2H3,(H2,4,5,6);2*1H4. The molecule has 0 aliphatic carbocycles. The minimum Gasteiger partial charge on any atom is -0.326 e. The van der Waals surface area contributed by atoms with E-state index in [1.807, 2.05) is 13.8 Å². The molecule has 1 atom stereocenters. The van der Waals surface area contributed by atoms with Gasteiger partial charge in [-0.2, -0.15) is 0 Å². The van der Waals surface area contributed by atoms with E-state index in [1.165, 1.54) is 13.8 Å². The first-order valence-corrected chi connectivity index (χ1v) is 6.79. The summed E-state index contributed by atoms with van der Waals surface area (Å²) in [5.41, 5.74) is 0. The molecule has 116 valence electrons. The number of sulfonamides is 1. The summed E-state index contributed by atoms with van der Waals surface area (Å²) in [6, 6.07) is -0.726.